The Bertz CT molecular complexity index is 2930. The van der Waals surface area contributed by atoms with Crippen molar-refractivity contribution in [2.24, 2.45) is 0 Å². The second-order valence-electron chi connectivity index (χ2n) is 20.2. The van der Waals surface area contributed by atoms with Crippen LogP contribution in [0.1, 0.15) is 83.2 Å². The smallest absolute Gasteiger partial charge is 0.252 e. The Morgan fingerprint density at radius 2 is 1.00 bits per heavy atom. The van der Waals surface area contributed by atoms with Crippen molar-refractivity contribution in [1.82, 2.24) is 0 Å². The zero-order chi connectivity index (χ0) is 39.8. The molecule has 0 unspecified atom stereocenters. The summed E-state index contributed by atoms with van der Waals surface area (Å²) in [6.45, 7) is 21.4. The summed E-state index contributed by atoms with van der Waals surface area (Å²) in [6.07, 6.45) is 0. The molecule has 1 spiro atoms. The van der Waals surface area contributed by atoms with E-state index >= 15 is 0 Å². The van der Waals surface area contributed by atoms with Gasteiger partial charge >= 0.3 is 0 Å². The van der Waals surface area contributed by atoms with Crippen LogP contribution in [0.2, 0.25) is 0 Å². The third-order valence-corrected chi connectivity index (χ3v) is 19.5. The molecule has 282 valence electrons. The fourth-order valence-electron chi connectivity index (χ4n) is 11.9. The van der Waals surface area contributed by atoms with Crippen LogP contribution in [0, 0.1) is 6.92 Å². The van der Waals surface area contributed by atoms with Gasteiger partial charge in [-0.3, -0.25) is 0 Å². The highest BCUT2D eigenvalue weighted by Crippen LogP contribution is 2.54. The fourth-order valence-corrected chi connectivity index (χ4v) is 17.4. The molecular formula is C54H49BN2Si. The topological polar surface area (TPSA) is 6.48 Å². The molecule has 0 aromatic heterocycles. The number of rotatable bonds is 0. The average molecular weight is 765 g/mol. The molecular weight excluding hydrogens is 716 g/mol. The lowest BCUT2D eigenvalue weighted by Crippen LogP contribution is -2.77. The molecule has 5 aliphatic rings. The number of hydrogen-bond donors (Lipinski definition) is 0. The summed E-state index contributed by atoms with van der Waals surface area (Å²) in [6, 6.07) is 53.2. The normalized spacial score (nSPS) is 16.5. The largest absolute Gasteiger partial charge is 0.312 e. The summed E-state index contributed by atoms with van der Waals surface area (Å²) in [5.74, 6) is 0. The summed E-state index contributed by atoms with van der Waals surface area (Å²) in [7, 11) is -2.83. The molecule has 0 saturated carbocycles. The van der Waals surface area contributed by atoms with Gasteiger partial charge in [-0.1, -0.05) is 165 Å². The maximum Gasteiger partial charge on any atom is 0.252 e. The highest BCUT2D eigenvalue weighted by molar-refractivity contribution is 7.24. The SMILES string of the molecule is Cc1cc2c3c(c1)N1c4ccccc4[Si]4(c5ccc(C(C)(C)C)cc5-c5cc(C(C)(C)C)ccc54)c4cccc(c41)B3c1cccc3c1N2c1ccccc1C3(C)C. The van der Waals surface area contributed by atoms with Crippen LogP contribution in [0.15, 0.2) is 133 Å². The molecule has 0 bridgehead atoms. The van der Waals surface area contributed by atoms with E-state index in [1.165, 1.54) is 110 Å². The fraction of sp³-hybridized carbons (Fsp3) is 0.222. The van der Waals surface area contributed by atoms with Gasteiger partial charge in [0.1, 0.15) is 0 Å². The van der Waals surface area contributed by atoms with E-state index in [2.05, 4.69) is 206 Å². The number of anilines is 6. The van der Waals surface area contributed by atoms with E-state index in [0.29, 0.717) is 0 Å². The minimum atomic E-state index is -2.83. The standard InChI is InChI=1S/C54H49BN2Si/c1-32-28-43-49-44(29-32)57-42-21-12-13-22-47(42)58(45-26-24-33(52(2,3)4)30-35(45)36-31-34(53(5,6)7)25-27-46(36)58)48-23-15-19-40(51(48)57)55(49)39-18-14-17-38-50(39)56(43)41-20-11-10-16-37(41)54(38,8)9/h10-31H,1-9H3. The van der Waals surface area contributed by atoms with Gasteiger partial charge in [0.05, 0.1) is 5.69 Å². The van der Waals surface area contributed by atoms with Crippen LogP contribution in [-0.4, -0.2) is 14.8 Å². The minimum absolute atomic E-state index is 0.0410. The maximum absolute atomic E-state index is 2.83. The first-order chi connectivity index (χ1) is 27.7. The Kier molecular flexibility index (Phi) is 6.49. The summed E-state index contributed by atoms with van der Waals surface area (Å²) >= 11 is 0. The number of nitrogens with zero attached hydrogens (tertiary/aromatic N) is 2. The monoisotopic (exact) mass is 764 g/mol. The third kappa shape index (κ3) is 4.05. The highest BCUT2D eigenvalue weighted by atomic mass is 28.3. The van der Waals surface area contributed by atoms with Gasteiger partial charge in [0, 0.05) is 33.9 Å². The van der Waals surface area contributed by atoms with Gasteiger partial charge in [-0.15, -0.1) is 0 Å². The zero-order valence-corrected chi connectivity index (χ0v) is 36.2. The van der Waals surface area contributed by atoms with Gasteiger partial charge in [0.2, 0.25) is 0 Å². The lowest BCUT2D eigenvalue weighted by molar-refractivity contribution is 0.589. The van der Waals surface area contributed by atoms with Gasteiger partial charge in [-0.05, 0) is 118 Å². The van der Waals surface area contributed by atoms with E-state index in [0.717, 1.165) is 0 Å². The summed E-state index contributed by atoms with van der Waals surface area (Å²) in [5.41, 5.74) is 22.0. The molecule has 0 fully saturated rings. The molecule has 0 radical (unpaired) electrons. The Morgan fingerprint density at radius 1 is 0.483 bits per heavy atom. The molecule has 5 heterocycles. The third-order valence-electron chi connectivity index (χ3n) is 14.6. The maximum atomic E-state index is 2.69. The molecule has 0 amide bonds. The minimum Gasteiger partial charge on any atom is -0.312 e. The molecule has 7 aromatic rings. The predicted molar refractivity (Wildman–Crippen MR) is 251 cm³/mol. The van der Waals surface area contributed by atoms with Gasteiger partial charge in [-0.25, -0.2) is 0 Å². The molecule has 2 nitrogen and oxygen atoms in total. The Hall–Kier alpha value is -5.58. The summed E-state index contributed by atoms with van der Waals surface area (Å²) in [5, 5.41) is 6.07. The van der Waals surface area contributed by atoms with E-state index in [-0.39, 0.29) is 23.0 Å². The number of fused-ring (bicyclic) bond motifs is 15. The van der Waals surface area contributed by atoms with E-state index in [1.807, 2.05) is 0 Å². The van der Waals surface area contributed by atoms with E-state index in [1.54, 1.807) is 0 Å². The van der Waals surface area contributed by atoms with Crippen molar-refractivity contribution in [2.45, 2.75) is 78.6 Å². The van der Waals surface area contributed by atoms with Crippen LogP contribution in [-0.2, 0) is 16.2 Å². The number of aryl methyl sites for hydroxylation is 1. The highest BCUT2D eigenvalue weighted by Gasteiger charge is 2.57. The number of para-hydroxylation sites is 4. The zero-order valence-electron chi connectivity index (χ0n) is 35.2. The van der Waals surface area contributed by atoms with Crippen LogP contribution >= 0.6 is 0 Å². The second kappa shape index (κ2) is 10.9. The predicted octanol–water partition coefficient (Wildman–Crippen LogP) is 8.98. The van der Waals surface area contributed by atoms with Crippen molar-refractivity contribution < 1.29 is 0 Å². The van der Waals surface area contributed by atoms with Gasteiger partial charge in [0.15, 0.2) is 8.07 Å². The van der Waals surface area contributed by atoms with Crippen molar-refractivity contribution in [2.75, 3.05) is 9.80 Å². The summed E-state index contributed by atoms with van der Waals surface area (Å²) in [4.78, 5) is 5.32. The quantitative estimate of drug-likeness (QED) is 0.142. The lowest BCUT2D eigenvalue weighted by Gasteiger charge is -2.52. The second-order valence-corrected chi connectivity index (χ2v) is 23.9. The Labute approximate surface area is 345 Å². The average Bonchev–Trinajstić information content (AvgIpc) is 3.48. The summed E-state index contributed by atoms with van der Waals surface area (Å²) < 4.78 is 0. The lowest BCUT2D eigenvalue weighted by atomic mass is 9.33. The van der Waals surface area contributed by atoms with Crippen LogP contribution in [0.3, 0.4) is 0 Å². The molecule has 0 saturated heterocycles. The van der Waals surface area contributed by atoms with E-state index in [4.69, 9.17) is 0 Å². The Morgan fingerprint density at radius 3 is 1.64 bits per heavy atom. The van der Waals surface area contributed by atoms with Gasteiger partial charge < -0.3 is 9.80 Å². The molecule has 0 N–H and O–H groups in total. The van der Waals surface area contributed by atoms with Crippen molar-refractivity contribution in [1.29, 1.82) is 0 Å². The van der Waals surface area contributed by atoms with Crippen molar-refractivity contribution in [3.63, 3.8) is 0 Å². The van der Waals surface area contributed by atoms with Crippen molar-refractivity contribution in [3.8, 4) is 11.1 Å². The molecule has 58 heavy (non-hydrogen) atoms. The van der Waals surface area contributed by atoms with E-state index in [9.17, 15) is 0 Å². The first-order valence-electron chi connectivity index (χ1n) is 21.2. The molecule has 5 aliphatic heterocycles. The Balaban J connectivity index is 1.22. The first kappa shape index (κ1) is 34.5. The van der Waals surface area contributed by atoms with Crippen LogP contribution in [0.5, 0.6) is 0 Å². The molecule has 7 aromatic carbocycles. The van der Waals surface area contributed by atoms with Crippen molar-refractivity contribution >= 4 is 86.0 Å². The van der Waals surface area contributed by atoms with Gasteiger partial charge in [0.25, 0.3) is 6.71 Å². The van der Waals surface area contributed by atoms with Gasteiger partial charge in [-0.2, -0.15) is 0 Å². The van der Waals surface area contributed by atoms with E-state index < -0.39 is 8.07 Å². The molecule has 0 atom stereocenters. The van der Waals surface area contributed by atoms with Crippen LogP contribution in [0.25, 0.3) is 11.1 Å². The molecule has 0 aliphatic carbocycles. The van der Waals surface area contributed by atoms with Crippen molar-refractivity contribution in [3.05, 3.63) is 161 Å². The molecule has 12 rings (SSSR count). The molecule has 4 heteroatoms. The number of benzene rings is 7. The first-order valence-corrected chi connectivity index (χ1v) is 23.2. The van der Waals surface area contributed by atoms with Crippen LogP contribution < -0.4 is 46.9 Å². The number of hydrogen-bond acceptors (Lipinski definition) is 2. The van der Waals surface area contributed by atoms with Crippen LogP contribution in [0.4, 0.5) is 34.1 Å².